The summed E-state index contributed by atoms with van der Waals surface area (Å²) in [5.74, 6) is -4.71. The Bertz CT molecular complexity index is 1200. The first-order valence-corrected chi connectivity index (χ1v) is 8.92. The number of benzene rings is 3. The minimum atomic E-state index is -5.04. The predicted molar refractivity (Wildman–Crippen MR) is 97.8 cm³/mol. The lowest BCUT2D eigenvalue weighted by molar-refractivity contribution is -0.139. The molecule has 0 fully saturated rings. The molecule has 3 aromatic carbocycles. The van der Waals surface area contributed by atoms with Gasteiger partial charge in [-0.3, -0.25) is 0 Å². The molecule has 0 radical (unpaired) electrons. The van der Waals surface area contributed by atoms with E-state index in [9.17, 15) is 49.7 Å². The van der Waals surface area contributed by atoms with Crippen LogP contribution in [0.3, 0.4) is 0 Å². The van der Waals surface area contributed by atoms with Gasteiger partial charge in [-0.1, -0.05) is 0 Å². The number of rotatable bonds is 4. The van der Waals surface area contributed by atoms with Gasteiger partial charge in [0.05, 0.1) is 16.7 Å². The molecule has 3 rings (SSSR count). The number of hydrogen-bond donors (Lipinski definition) is 2. The Hall–Kier alpha value is -3.77. The van der Waals surface area contributed by atoms with Gasteiger partial charge in [-0.15, -0.1) is 0 Å². The fraction of sp³-hybridized carbons (Fsp3) is 0.143. The van der Waals surface area contributed by atoms with Crippen LogP contribution in [0.15, 0.2) is 54.6 Å². The summed E-state index contributed by atoms with van der Waals surface area (Å²) < 4.78 is 128. The van der Waals surface area contributed by atoms with Gasteiger partial charge >= 0.3 is 18.5 Å². The smallest absolute Gasteiger partial charge is 0.419 e. The van der Waals surface area contributed by atoms with Crippen LogP contribution in [0.25, 0.3) is 0 Å². The molecule has 0 atom stereocenters. The predicted octanol–water partition coefficient (Wildman–Crippen LogP) is 7.74. The number of hydrogen-bond acceptors (Lipinski definition) is 4. The highest BCUT2D eigenvalue weighted by molar-refractivity contribution is 5.49. The van der Waals surface area contributed by atoms with Crippen LogP contribution in [-0.4, -0.2) is 10.2 Å². The van der Waals surface area contributed by atoms with Crippen LogP contribution in [-0.2, 0) is 18.5 Å². The molecule has 3 aromatic rings. The third-order valence-electron chi connectivity index (χ3n) is 4.16. The zero-order valence-electron chi connectivity index (χ0n) is 16.3. The van der Waals surface area contributed by atoms with E-state index in [1.807, 2.05) is 0 Å². The average Bonchev–Trinajstić information content (AvgIpc) is 2.65. The second-order valence-electron chi connectivity index (χ2n) is 6.79. The average molecular weight is 498 g/mol. The summed E-state index contributed by atoms with van der Waals surface area (Å²) in [7, 11) is 0. The van der Waals surface area contributed by atoms with Gasteiger partial charge in [0, 0.05) is 18.2 Å². The number of aromatic hydroxyl groups is 2. The van der Waals surface area contributed by atoms with Gasteiger partial charge in [-0.2, -0.15) is 39.5 Å². The van der Waals surface area contributed by atoms with E-state index in [0.29, 0.717) is 42.5 Å². The van der Waals surface area contributed by atoms with E-state index < -0.39 is 69.7 Å². The number of alkyl halides is 9. The first kappa shape index (κ1) is 24.9. The van der Waals surface area contributed by atoms with Gasteiger partial charge < -0.3 is 19.7 Å². The minimum absolute atomic E-state index is 0.331. The van der Waals surface area contributed by atoms with E-state index in [0.717, 1.165) is 12.1 Å². The highest BCUT2D eigenvalue weighted by atomic mass is 19.4. The van der Waals surface area contributed by atoms with Gasteiger partial charge in [-0.25, -0.2) is 0 Å². The standard InChI is InChI=1S/C21H11F9O4/c22-19(23,24)10-3-12(31)7-15(5-10)33-14-1-2-17(21(28,29)30)18(9-14)34-16-6-11(20(25,26)27)4-13(32)8-16/h1-9,31-32H. The van der Waals surface area contributed by atoms with Crippen molar-refractivity contribution in [2.75, 3.05) is 0 Å². The third-order valence-corrected chi connectivity index (χ3v) is 4.16. The molecule has 0 bridgehead atoms. The second-order valence-corrected chi connectivity index (χ2v) is 6.79. The van der Waals surface area contributed by atoms with E-state index in [1.54, 1.807) is 0 Å². The molecule has 0 amide bonds. The Labute approximate surface area is 184 Å². The molecule has 0 aliphatic heterocycles. The molecule has 0 aliphatic rings. The van der Waals surface area contributed by atoms with E-state index >= 15 is 0 Å². The molecule has 4 nitrogen and oxygen atoms in total. The van der Waals surface area contributed by atoms with Gasteiger partial charge in [0.25, 0.3) is 0 Å². The maximum Gasteiger partial charge on any atom is 0.419 e. The Balaban J connectivity index is 2.02. The summed E-state index contributed by atoms with van der Waals surface area (Å²) in [6.45, 7) is 0. The molecule has 0 saturated carbocycles. The molecule has 0 aliphatic carbocycles. The van der Waals surface area contributed by atoms with Crippen LogP contribution in [0.5, 0.6) is 34.5 Å². The van der Waals surface area contributed by atoms with Crippen molar-refractivity contribution in [3.8, 4) is 34.5 Å². The van der Waals surface area contributed by atoms with Crippen molar-refractivity contribution in [3.63, 3.8) is 0 Å². The van der Waals surface area contributed by atoms with E-state index in [2.05, 4.69) is 0 Å². The quantitative estimate of drug-likeness (QED) is 0.362. The second kappa shape index (κ2) is 8.54. The molecule has 2 N–H and O–H groups in total. The molecule has 182 valence electrons. The molecule has 0 aromatic heterocycles. The van der Waals surface area contributed by atoms with Crippen molar-refractivity contribution in [2.24, 2.45) is 0 Å². The van der Waals surface area contributed by atoms with Crippen molar-refractivity contribution in [1.29, 1.82) is 0 Å². The third kappa shape index (κ3) is 5.97. The lowest BCUT2D eigenvalue weighted by Crippen LogP contribution is -2.08. The molecular formula is C21H11F9O4. The monoisotopic (exact) mass is 498 g/mol. The highest BCUT2D eigenvalue weighted by Gasteiger charge is 2.36. The summed E-state index contributed by atoms with van der Waals surface area (Å²) in [5.41, 5.74) is -4.14. The summed E-state index contributed by atoms with van der Waals surface area (Å²) in [4.78, 5) is 0. The van der Waals surface area contributed by atoms with Crippen molar-refractivity contribution in [2.45, 2.75) is 18.5 Å². The summed E-state index contributed by atoms with van der Waals surface area (Å²) in [6, 6.07) is 4.69. The fourth-order valence-corrected chi connectivity index (χ4v) is 2.76. The molecule has 34 heavy (non-hydrogen) atoms. The van der Waals surface area contributed by atoms with Crippen LogP contribution >= 0.6 is 0 Å². The van der Waals surface area contributed by atoms with E-state index in [1.165, 1.54) is 0 Å². The summed E-state index contributed by atoms with van der Waals surface area (Å²) in [6.07, 6.45) is -14.8. The number of phenolic OH excluding ortho intramolecular Hbond substituents is 2. The Kier molecular flexibility index (Phi) is 6.24. The van der Waals surface area contributed by atoms with Crippen LogP contribution in [0.4, 0.5) is 39.5 Å². The van der Waals surface area contributed by atoms with Crippen LogP contribution < -0.4 is 9.47 Å². The first-order chi connectivity index (χ1) is 15.5. The molecule has 13 heteroatoms. The van der Waals surface area contributed by atoms with Gasteiger partial charge in [0.15, 0.2) is 0 Å². The Morgan fingerprint density at radius 3 is 1.41 bits per heavy atom. The first-order valence-electron chi connectivity index (χ1n) is 8.92. The number of phenols is 2. The maximum absolute atomic E-state index is 13.4. The lowest BCUT2D eigenvalue weighted by atomic mass is 10.1. The molecule has 0 spiro atoms. The fourth-order valence-electron chi connectivity index (χ4n) is 2.76. The SMILES string of the molecule is Oc1cc(Oc2ccc(C(F)(F)F)c(Oc3cc(O)cc(C(F)(F)F)c3)c2)cc(C(F)(F)F)c1. The van der Waals surface area contributed by atoms with Crippen molar-refractivity contribution in [3.05, 3.63) is 71.3 Å². The molecule has 0 unspecified atom stereocenters. The van der Waals surface area contributed by atoms with Crippen LogP contribution in [0, 0.1) is 0 Å². The van der Waals surface area contributed by atoms with Crippen molar-refractivity contribution >= 4 is 0 Å². The zero-order valence-corrected chi connectivity index (χ0v) is 16.3. The van der Waals surface area contributed by atoms with Crippen LogP contribution in [0.2, 0.25) is 0 Å². The Morgan fingerprint density at radius 2 is 0.971 bits per heavy atom. The Morgan fingerprint density at radius 1 is 0.500 bits per heavy atom. The van der Waals surface area contributed by atoms with Crippen LogP contribution in [0.1, 0.15) is 16.7 Å². The van der Waals surface area contributed by atoms with Gasteiger partial charge in [0.1, 0.15) is 34.5 Å². The maximum atomic E-state index is 13.4. The van der Waals surface area contributed by atoms with Gasteiger partial charge in [0.2, 0.25) is 0 Å². The number of halogens is 9. The minimum Gasteiger partial charge on any atom is -0.508 e. The molecule has 0 heterocycles. The zero-order chi connectivity index (χ0) is 25.5. The number of ether oxygens (including phenoxy) is 2. The highest BCUT2D eigenvalue weighted by Crippen LogP contribution is 2.43. The van der Waals surface area contributed by atoms with Crippen molar-refractivity contribution < 1.29 is 59.2 Å². The molecular weight excluding hydrogens is 487 g/mol. The topological polar surface area (TPSA) is 58.9 Å². The lowest BCUT2D eigenvalue weighted by Gasteiger charge is -2.17. The summed E-state index contributed by atoms with van der Waals surface area (Å²) in [5, 5.41) is 19.0. The normalized spacial score (nSPS) is 12.5. The largest absolute Gasteiger partial charge is 0.508 e. The molecule has 0 saturated heterocycles. The van der Waals surface area contributed by atoms with Crippen molar-refractivity contribution in [1.82, 2.24) is 0 Å². The summed E-state index contributed by atoms with van der Waals surface area (Å²) >= 11 is 0. The van der Waals surface area contributed by atoms with E-state index in [-0.39, 0.29) is 0 Å². The van der Waals surface area contributed by atoms with E-state index in [4.69, 9.17) is 9.47 Å². The van der Waals surface area contributed by atoms with Gasteiger partial charge in [-0.05, 0) is 36.4 Å².